The number of rotatable bonds is 2. The van der Waals surface area contributed by atoms with Crippen molar-refractivity contribution in [2.45, 2.75) is 38.3 Å². The number of carbonyl (C=O) groups excluding carboxylic acids is 1. The number of nitrogens with zero attached hydrogens (tertiary/aromatic N) is 5. The van der Waals surface area contributed by atoms with Crippen LogP contribution in [0.15, 0.2) is 36.5 Å². The molecular weight excluding hydrogens is 411 g/mol. The number of nitrogens with one attached hydrogen (secondary N) is 1. The van der Waals surface area contributed by atoms with Crippen molar-refractivity contribution in [3.8, 4) is 5.69 Å². The number of pyridine rings is 1. The van der Waals surface area contributed by atoms with E-state index in [0.717, 1.165) is 48.2 Å². The molecule has 3 aromatic rings. The lowest BCUT2D eigenvalue weighted by Gasteiger charge is -2.23. The maximum Gasteiger partial charge on any atom is 0.276 e. The van der Waals surface area contributed by atoms with Crippen LogP contribution in [0.3, 0.4) is 0 Å². The van der Waals surface area contributed by atoms with Gasteiger partial charge in [0.25, 0.3) is 5.91 Å². The van der Waals surface area contributed by atoms with Crippen LogP contribution >= 0.6 is 24.8 Å². The predicted molar refractivity (Wildman–Crippen MR) is 116 cm³/mol. The molecule has 2 aliphatic heterocycles. The Morgan fingerprint density at radius 2 is 1.93 bits per heavy atom. The summed E-state index contributed by atoms with van der Waals surface area (Å²) in [5.74, 6) is -0.0218. The molecule has 154 valence electrons. The van der Waals surface area contributed by atoms with Crippen LogP contribution < -0.4 is 5.32 Å². The van der Waals surface area contributed by atoms with Gasteiger partial charge in [-0.3, -0.25) is 9.78 Å². The average Bonchev–Trinajstić information content (AvgIpc) is 3.22. The number of amides is 1. The fraction of sp³-hybridized carbons (Fsp3) is 0.400. The minimum Gasteiger partial charge on any atom is -0.336 e. The first-order valence-corrected chi connectivity index (χ1v) is 9.52. The van der Waals surface area contributed by atoms with E-state index in [1.165, 1.54) is 6.42 Å². The van der Waals surface area contributed by atoms with Gasteiger partial charge in [-0.1, -0.05) is 11.3 Å². The number of fused-ring (bicyclic) bond motifs is 3. The number of hydrogen-bond acceptors (Lipinski definition) is 5. The molecule has 2 unspecified atom stereocenters. The number of hydrogen-bond donors (Lipinski definition) is 1. The molecule has 2 bridgehead atoms. The van der Waals surface area contributed by atoms with Crippen LogP contribution in [-0.2, 0) is 0 Å². The molecule has 9 heteroatoms. The largest absolute Gasteiger partial charge is 0.336 e. The summed E-state index contributed by atoms with van der Waals surface area (Å²) in [6.07, 6.45) is 5.14. The van der Waals surface area contributed by atoms with Crippen molar-refractivity contribution in [2.24, 2.45) is 0 Å². The van der Waals surface area contributed by atoms with Gasteiger partial charge in [0, 0.05) is 36.8 Å². The van der Waals surface area contributed by atoms with Crippen molar-refractivity contribution in [1.29, 1.82) is 0 Å². The number of benzene rings is 1. The summed E-state index contributed by atoms with van der Waals surface area (Å²) in [5, 5.41) is 13.1. The highest BCUT2D eigenvalue weighted by molar-refractivity contribution is 5.94. The van der Waals surface area contributed by atoms with E-state index in [2.05, 4.69) is 20.6 Å². The number of likely N-dealkylation sites (tertiary alicyclic amines) is 1. The van der Waals surface area contributed by atoms with Crippen LogP contribution in [0.4, 0.5) is 0 Å². The van der Waals surface area contributed by atoms with E-state index in [9.17, 15) is 4.79 Å². The summed E-state index contributed by atoms with van der Waals surface area (Å²) in [6, 6.07) is 10.8. The molecular formula is C20H24Cl2N6O. The smallest absolute Gasteiger partial charge is 0.276 e. The second-order valence-electron chi connectivity index (χ2n) is 7.46. The van der Waals surface area contributed by atoms with E-state index in [0.29, 0.717) is 17.8 Å². The van der Waals surface area contributed by atoms with Gasteiger partial charge in [0.15, 0.2) is 5.69 Å². The summed E-state index contributed by atoms with van der Waals surface area (Å²) < 4.78 is 1.75. The summed E-state index contributed by atoms with van der Waals surface area (Å²) in [5.41, 5.74) is 2.99. The number of halogens is 2. The van der Waals surface area contributed by atoms with E-state index in [1.807, 2.05) is 42.2 Å². The summed E-state index contributed by atoms with van der Waals surface area (Å²) >= 11 is 0. The summed E-state index contributed by atoms with van der Waals surface area (Å²) in [7, 11) is 0. The van der Waals surface area contributed by atoms with E-state index in [-0.39, 0.29) is 30.7 Å². The number of carbonyl (C=O) groups is 1. The standard InChI is InChI=1S/C20H22N6O.2ClH/c1-13-19(20(27)25-11-9-14-7-8-15(12-25)22-14)23-24-26(13)18-6-2-5-17-16(18)4-3-10-21-17;;/h2-6,10,14-15,22H,7-9,11-12H2,1H3;2*1H. The Morgan fingerprint density at radius 3 is 2.79 bits per heavy atom. The van der Waals surface area contributed by atoms with Crippen molar-refractivity contribution in [3.05, 3.63) is 47.9 Å². The van der Waals surface area contributed by atoms with Crippen molar-refractivity contribution in [2.75, 3.05) is 13.1 Å². The van der Waals surface area contributed by atoms with Crippen LogP contribution in [0.2, 0.25) is 0 Å². The van der Waals surface area contributed by atoms with Crippen LogP contribution in [0, 0.1) is 6.92 Å². The Bertz CT molecular complexity index is 1020. The molecule has 1 amide bonds. The third-order valence-electron chi connectivity index (χ3n) is 5.76. The van der Waals surface area contributed by atoms with Gasteiger partial charge in [0.05, 0.1) is 16.9 Å². The molecule has 1 N–H and O–H groups in total. The molecule has 4 heterocycles. The third-order valence-corrected chi connectivity index (χ3v) is 5.76. The van der Waals surface area contributed by atoms with Crippen LogP contribution in [0.1, 0.15) is 35.4 Å². The molecule has 5 rings (SSSR count). The van der Waals surface area contributed by atoms with E-state index in [1.54, 1.807) is 10.9 Å². The predicted octanol–water partition coefficient (Wildman–Crippen LogP) is 2.93. The van der Waals surface area contributed by atoms with Gasteiger partial charge in [-0.05, 0) is 50.5 Å². The van der Waals surface area contributed by atoms with Gasteiger partial charge < -0.3 is 10.2 Å². The van der Waals surface area contributed by atoms with E-state index >= 15 is 0 Å². The lowest BCUT2D eigenvalue weighted by atomic mass is 10.1. The van der Waals surface area contributed by atoms with Crippen LogP contribution in [0.5, 0.6) is 0 Å². The highest BCUT2D eigenvalue weighted by Gasteiger charge is 2.33. The van der Waals surface area contributed by atoms with E-state index < -0.39 is 0 Å². The fourth-order valence-electron chi connectivity index (χ4n) is 4.30. The molecule has 0 aliphatic carbocycles. The minimum absolute atomic E-state index is 0. The van der Waals surface area contributed by atoms with Crippen LogP contribution in [-0.4, -0.2) is 56.0 Å². The zero-order valence-corrected chi connectivity index (χ0v) is 17.7. The fourth-order valence-corrected chi connectivity index (χ4v) is 4.30. The lowest BCUT2D eigenvalue weighted by Crippen LogP contribution is -2.39. The zero-order chi connectivity index (χ0) is 18.4. The molecule has 7 nitrogen and oxygen atoms in total. The molecule has 2 saturated heterocycles. The third kappa shape index (κ3) is 3.82. The topological polar surface area (TPSA) is 75.9 Å². The van der Waals surface area contributed by atoms with E-state index in [4.69, 9.17) is 0 Å². The highest BCUT2D eigenvalue weighted by Crippen LogP contribution is 2.24. The summed E-state index contributed by atoms with van der Waals surface area (Å²) in [4.78, 5) is 19.5. The Labute approximate surface area is 181 Å². The molecule has 2 aliphatic rings. The van der Waals surface area contributed by atoms with Gasteiger partial charge in [0.1, 0.15) is 0 Å². The minimum atomic E-state index is -0.0218. The van der Waals surface area contributed by atoms with Crippen molar-refractivity contribution in [3.63, 3.8) is 0 Å². The van der Waals surface area contributed by atoms with Gasteiger partial charge >= 0.3 is 0 Å². The van der Waals surface area contributed by atoms with Crippen molar-refractivity contribution < 1.29 is 4.79 Å². The maximum absolute atomic E-state index is 13.1. The highest BCUT2D eigenvalue weighted by atomic mass is 35.5. The lowest BCUT2D eigenvalue weighted by molar-refractivity contribution is 0.0741. The first-order chi connectivity index (χ1) is 13.2. The normalized spacial score (nSPS) is 20.7. The number of aromatic nitrogens is 4. The van der Waals surface area contributed by atoms with Crippen molar-refractivity contribution >= 4 is 41.6 Å². The molecule has 1 aromatic carbocycles. The molecule has 2 fully saturated rings. The van der Waals surface area contributed by atoms with Gasteiger partial charge in [0.2, 0.25) is 0 Å². The Hall–Kier alpha value is -2.22. The quantitative estimate of drug-likeness (QED) is 0.670. The monoisotopic (exact) mass is 434 g/mol. The average molecular weight is 435 g/mol. The molecule has 0 spiro atoms. The molecule has 2 aromatic heterocycles. The molecule has 0 saturated carbocycles. The first-order valence-electron chi connectivity index (χ1n) is 9.52. The SMILES string of the molecule is Cc1c(C(=O)N2CCC3CCC(C2)N3)nnn1-c1cccc2ncccc12.Cl.Cl. The Morgan fingerprint density at radius 1 is 1.10 bits per heavy atom. The first kappa shape index (κ1) is 21.5. The molecule has 0 radical (unpaired) electrons. The summed E-state index contributed by atoms with van der Waals surface area (Å²) in [6.45, 7) is 3.43. The van der Waals surface area contributed by atoms with Crippen LogP contribution in [0.25, 0.3) is 16.6 Å². The second kappa shape index (κ2) is 8.65. The Balaban J connectivity index is 0.00000120. The maximum atomic E-state index is 13.1. The van der Waals surface area contributed by atoms with Gasteiger partial charge in [-0.2, -0.15) is 0 Å². The molecule has 29 heavy (non-hydrogen) atoms. The van der Waals surface area contributed by atoms with Gasteiger partial charge in [-0.15, -0.1) is 29.9 Å². The second-order valence-corrected chi connectivity index (χ2v) is 7.46. The zero-order valence-electron chi connectivity index (χ0n) is 16.1. The van der Waals surface area contributed by atoms with Gasteiger partial charge in [-0.25, -0.2) is 4.68 Å². The Kier molecular flexibility index (Phi) is 6.41. The van der Waals surface area contributed by atoms with Crippen molar-refractivity contribution in [1.82, 2.24) is 30.2 Å². The molecule has 2 atom stereocenters.